The van der Waals surface area contributed by atoms with Gasteiger partial charge in [-0.1, -0.05) is 29.8 Å². The van der Waals surface area contributed by atoms with Gasteiger partial charge in [0, 0.05) is 36.7 Å². The fraction of sp³-hybridized carbons (Fsp3) is 0.0870. The number of anilines is 2. The van der Waals surface area contributed by atoms with Crippen LogP contribution in [0.25, 0.3) is 0 Å². The van der Waals surface area contributed by atoms with E-state index < -0.39 is 9.84 Å². The third kappa shape index (κ3) is 4.73. The molecule has 1 aromatic carbocycles. The number of pyridine rings is 3. The maximum atomic E-state index is 12.2. The van der Waals surface area contributed by atoms with Gasteiger partial charge in [0.1, 0.15) is 5.15 Å². The molecule has 0 aliphatic rings. The fourth-order valence-corrected chi connectivity index (χ4v) is 4.16. The second-order valence-corrected chi connectivity index (χ2v) is 9.36. The first kappa shape index (κ1) is 21.0. The lowest BCUT2D eigenvalue weighted by molar-refractivity contribution is 0.602. The van der Waals surface area contributed by atoms with Crippen LogP contribution >= 0.6 is 11.6 Å². The molecule has 0 radical (unpaired) electrons. The summed E-state index contributed by atoms with van der Waals surface area (Å²) in [7, 11) is -3.39. The molecule has 0 spiro atoms. The number of hydrogen-bond donors (Lipinski definition) is 0. The molecule has 0 aliphatic carbocycles. The van der Waals surface area contributed by atoms with Crippen LogP contribution in [0.2, 0.25) is 5.15 Å². The number of nitrogens with zero attached hydrogens (tertiary/aromatic N) is 4. The highest BCUT2D eigenvalue weighted by Gasteiger charge is 2.26. The molecular formula is C23H19ClN4O2S. The normalized spacial score (nSPS) is 11.5. The lowest BCUT2D eigenvalue weighted by atomic mass is 9.98. The first-order chi connectivity index (χ1) is 14.9. The number of halogens is 1. The van der Waals surface area contributed by atoms with Gasteiger partial charge in [-0.25, -0.2) is 13.4 Å². The van der Waals surface area contributed by atoms with Crippen LogP contribution in [0.3, 0.4) is 0 Å². The minimum Gasteiger partial charge on any atom is -0.328 e. The molecule has 4 rings (SSSR count). The Balaban J connectivity index is 1.97. The molecular weight excluding hydrogens is 432 g/mol. The molecule has 156 valence electrons. The van der Waals surface area contributed by atoms with Gasteiger partial charge in [0.15, 0.2) is 9.84 Å². The van der Waals surface area contributed by atoms with Gasteiger partial charge >= 0.3 is 0 Å². The molecule has 31 heavy (non-hydrogen) atoms. The van der Waals surface area contributed by atoms with E-state index >= 15 is 0 Å². The number of sulfone groups is 1. The molecule has 6 nitrogen and oxygen atoms in total. The van der Waals surface area contributed by atoms with Crippen LogP contribution in [0, 0.1) is 0 Å². The van der Waals surface area contributed by atoms with E-state index in [1.54, 1.807) is 55.2 Å². The maximum absolute atomic E-state index is 12.2. The van der Waals surface area contributed by atoms with Gasteiger partial charge in [-0.15, -0.1) is 0 Å². The third-order valence-electron chi connectivity index (χ3n) is 4.77. The van der Waals surface area contributed by atoms with E-state index in [1.807, 2.05) is 41.3 Å². The number of hydrogen-bond acceptors (Lipinski definition) is 6. The van der Waals surface area contributed by atoms with Gasteiger partial charge in [0.2, 0.25) is 0 Å². The molecule has 0 aliphatic heterocycles. The standard InChI is InChI=1S/C23H19ClN4O2S/c1-31(29,30)21-8-2-7-19(13-21)28(20-9-10-22(24)27-16-20)23(17-5-3-11-25-14-17)18-6-4-12-26-15-18/h2-16,23H,1H3. The molecule has 0 saturated heterocycles. The second kappa shape index (κ2) is 8.83. The van der Waals surface area contributed by atoms with Crippen LogP contribution < -0.4 is 4.90 Å². The zero-order chi connectivity index (χ0) is 21.8. The van der Waals surface area contributed by atoms with Gasteiger partial charge in [-0.3, -0.25) is 9.97 Å². The highest BCUT2D eigenvalue weighted by molar-refractivity contribution is 7.90. The number of rotatable bonds is 6. The van der Waals surface area contributed by atoms with Crippen molar-refractivity contribution in [1.82, 2.24) is 15.0 Å². The minimum atomic E-state index is -3.39. The minimum absolute atomic E-state index is 0.230. The summed E-state index contributed by atoms with van der Waals surface area (Å²) in [6.45, 7) is 0. The number of benzene rings is 1. The highest BCUT2D eigenvalue weighted by Crippen LogP contribution is 2.39. The first-order valence-electron chi connectivity index (χ1n) is 9.44. The van der Waals surface area contributed by atoms with Gasteiger partial charge in [-0.2, -0.15) is 0 Å². The largest absolute Gasteiger partial charge is 0.328 e. The SMILES string of the molecule is CS(=O)(=O)c1cccc(N(c2ccc(Cl)nc2)C(c2cccnc2)c2cccnc2)c1. The van der Waals surface area contributed by atoms with Crippen LogP contribution in [0.15, 0.2) is 96.5 Å². The van der Waals surface area contributed by atoms with Crippen molar-refractivity contribution in [1.29, 1.82) is 0 Å². The van der Waals surface area contributed by atoms with Crippen LogP contribution in [0.1, 0.15) is 17.2 Å². The van der Waals surface area contributed by atoms with E-state index in [0.29, 0.717) is 10.8 Å². The molecule has 0 bridgehead atoms. The Labute approximate surface area is 186 Å². The monoisotopic (exact) mass is 450 g/mol. The zero-order valence-corrected chi connectivity index (χ0v) is 18.2. The van der Waals surface area contributed by atoms with E-state index in [2.05, 4.69) is 15.0 Å². The van der Waals surface area contributed by atoms with Crippen LogP contribution in [-0.2, 0) is 9.84 Å². The lowest BCUT2D eigenvalue weighted by Gasteiger charge is -2.34. The third-order valence-corrected chi connectivity index (χ3v) is 6.11. The van der Waals surface area contributed by atoms with E-state index in [1.165, 1.54) is 6.26 Å². The Kier molecular flexibility index (Phi) is 5.97. The predicted molar refractivity (Wildman–Crippen MR) is 121 cm³/mol. The van der Waals surface area contributed by atoms with E-state index in [4.69, 9.17) is 11.6 Å². The molecule has 8 heteroatoms. The molecule has 0 atom stereocenters. The molecule has 0 fully saturated rings. The van der Waals surface area contributed by atoms with Crippen molar-refractivity contribution in [3.05, 3.63) is 108 Å². The first-order valence-corrected chi connectivity index (χ1v) is 11.7. The molecule has 4 aromatic rings. The van der Waals surface area contributed by atoms with Crippen molar-refractivity contribution in [3.8, 4) is 0 Å². The van der Waals surface area contributed by atoms with Gasteiger partial charge in [-0.05, 0) is 53.6 Å². The second-order valence-electron chi connectivity index (χ2n) is 6.95. The molecule has 3 heterocycles. The summed E-state index contributed by atoms with van der Waals surface area (Å²) in [4.78, 5) is 15.1. The maximum Gasteiger partial charge on any atom is 0.175 e. The Morgan fingerprint density at radius 2 is 1.52 bits per heavy atom. The van der Waals surface area contributed by atoms with Crippen LogP contribution in [0.5, 0.6) is 0 Å². The van der Waals surface area contributed by atoms with Crippen LogP contribution in [0.4, 0.5) is 11.4 Å². The smallest absolute Gasteiger partial charge is 0.175 e. The summed E-state index contributed by atoms with van der Waals surface area (Å²) in [5.41, 5.74) is 3.25. The van der Waals surface area contributed by atoms with Crippen molar-refractivity contribution in [2.75, 3.05) is 11.2 Å². The van der Waals surface area contributed by atoms with Gasteiger partial charge in [0.25, 0.3) is 0 Å². The summed E-state index contributed by atoms with van der Waals surface area (Å²) in [6, 6.07) is 17.7. The summed E-state index contributed by atoms with van der Waals surface area (Å²) in [5, 5.41) is 0.368. The van der Waals surface area contributed by atoms with Crippen molar-refractivity contribution >= 4 is 32.8 Å². The zero-order valence-electron chi connectivity index (χ0n) is 16.6. The number of aromatic nitrogens is 3. The summed E-state index contributed by atoms with van der Waals surface area (Å²) < 4.78 is 24.5. The molecule has 0 unspecified atom stereocenters. The summed E-state index contributed by atoms with van der Waals surface area (Å²) >= 11 is 6.03. The topological polar surface area (TPSA) is 76.1 Å². The molecule has 0 N–H and O–H groups in total. The summed E-state index contributed by atoms with van der Waals surface area (Å²) in [6.07, 6.45) is 9.85. The lowest BCUT2D eigenvalue weighted by Crippen LogP contribution is -2.25. The van der Waals surface area contributed by atoms with Crippen molar-refractivity contribution in [3.63, 3.8) is 0 Å². The average molecular weight is 451 g/mol. The average Bonchev–Trinajstić information content (AvgIpc) is 2.79. The Morgan fingerprint density at radius 1 is 0.839 bits per heavy atom. The fourth-order valence-electron chi connectivity index (χ4n) is 3.39. The van der Waals surface area contributed by atoms with E-state index in [-0.39, 0.29) is 10.9 Å². The van der Waals surface area contributed by atoms with E-state index in [9.17, 15) is 8.42 Å². The highest BCUT2D eigenvalue weighted by atomic mass is 35.5. The van der Waals surface area contributed by atoms with Gasteiger partial charge < -0.3 is 4.90 Å². The van der Waals surface area contributed by atoms with Crippen molar-refractivity contribution in [2.24, 2.45) is 0 Å². The quantitative estimate of drug-likeness (QED) is 0.390. The van der Waals surface area contributed by atoms with Gasteiger partial charge in [0.05, 0.1) is 22.8 Å². The van der Waals surface area contributed by atoms with Crippen molar-refractivity contribution in [2.45, 2.75) is 10.9 Å². The van der Waals surface area contributed by atoms with E-state index in [0.717, 1.165) is 16.8 Å². The molecule has 3 aromatic heterocycles. The Hall–Kier alpha value is -3.29. The summed E-state index contributed by atoms with van der Waals surface area (Å²) in [5.74, 6) is 0. The molecule has 0 saturated carbocycles. The Morgan fingerprint density at radius 3 is 2.03 bits per heavy atom. The predicted octanol–water partition coefficient (Wildman–Crippen LogP) is 4.86. The van der Waals surface area contributed by atoms with Crippen LogP contribution in [-0.4, -0.2) is 29.6 Å². The molecule has 0 amide bonds. The van der Waals surface area contributed by atoms with Crippen molar-refractivity contribution < 1.29 is 8.42 Å². The Bertz CT molecular complexity index is 1230.